The van der Waals surface area contributed by atoms with Gasteiger partial charge in [0.2, 0.25) is 0 Å². The fourth-order valence-electron chi connectivity index (χ4n) is 2.30. The van der Waals surface area contributed by atoms with Gasteiger partial charge in [0.05, 0.1) is 5.69 Å². The van der Waals surface area contributed by atoms with Gasteiger partial charge in [0.25, 0.3) is 0 Å². The fourth-order valence-corrected chi connectivity index (χ4v) is 2.30. The van der Waals surface area contributed by atoms with Crippen molar-refractivity contribution in [2.45, 2.75) is 32.7 Å². The first-order chi connectivity index (χ1) is 9.20. The lowest BCUT2D eigenvalue weighted by Gasteiger charge is -2.17. The third kappa shape index (κ3) is 3.64. The van der Waals surface area contributed by atoms with Gasteiger partial charge in [-0.3, -0.25) is 9.67 Å². The van der Waals surface area contributed by atoms with Crippen molar-refractivity contribution in [3.8, 4) is 0 Å². The fraction of sp³-hybridized carbons (Fsp3) is 0.467. The molecule has 4 heteroatoms. The monoisotopic (exact) mass is 258 g/mol. The molecule has 0 aliphatic heterocycles. The molecule has 0 spiro atoms. The van der Waals surface area contributed by atoms with Crippen molar-refractivity contribution in [1.82, 2.24) is 20.1 Å². The minimum atomic E-state index is 0.281. The van der Waals surface area contributed by atoms with Crippen LogP contribution in [-0.2, 0) is 13.5 Å². The second-order valence-electron chi connectivity index (χ2n) is 4.88. The zero-order valence-corrected chi connectivity index (χ0v) is 11.9. The highest BCUT2D eigenvalue weighted by Crippen LogP contribution is 2.20. The number of nitrogens with zero attached hydrogens (tertiary/aromatic N) is 3. The Balaban J connectivity index is 2.18. The Labute approximate surface area is 114 Å². The molecule has 1 N–H and O–H groups in total. The van der Waals surface area contributed by atoms with Crippen molar-refractivity contribution < 1.29 is 0 Å². The molecule has 0 aliphatic rings. The van der Waals surface area contributed by atoms with E-state index in [1.54, 1.807) is 0 Å². The first-order valence-corrected chi connectivity index (χ1v) is 6.84. The average Bonchev–Trinajstić information content (AvgIpc) is 2.75. The van der Waals surface area contributed by atoms with Crippen LogP contribution in [0.25, 0.3) is 0 Å². The number of hydrogen-bond acceptors (Lipinski definition) is 3. The van der Waals surface area contributed by atoms with Gasteiger partial charge >= 0.3 is 0 Å². The van der Waals surface area contributed by atoms with Gasteiger partial charge in [-0.1, -0.05) is 13.0 Å². The zero-order chi connectivity index (χ0) is 13.7. The van der Waals surface area contributed by atoms with Gasteiger partial charge in [-0.15, -0.1) is 0 Å². The molecular formula is C15H22N4. The summed E-state index contributed by atoms with van der Waals surface area (Å²) in [6, 6.07) is 6.35. The van der Waals surface area contributed by atoms with Crippen LogP contribution in [0.5, 0.6) is 0 Å². The van der Waals surface area contributed by atoms with E-state index in [0.29, 0.717) is 0 Å². The van der Waals surface area contributed by atoms with Crippen LogP contribution in [0, 0.1) is 6.92 Å². The third-order valence-corrected chi connectivity index (χ3v) is 3.21. The molecule has 2 aromatic heterocycles. The molecule has 0 saturated heterocycles. The molecule has 2 heterocycles. The molecule has 0 aliphatic carbocycles. The summed E-state index contributed by atoms with van der Waals surface area (Å²) >= 11 is 0. The van der Waals surface area contributed by atoms with Gasteiger partial charge in [0.15, 0.2) is 0 Å². The van der Waals surface area contributed by atoms with E-state index in [2.05, 4.69) is 41.5 Å². The van der Waals surface area contributed by atoms with Crippen LogP contribution >= 0.6 is 0 Å². The summed E-state index contributed by atoms with van der Waals surface area (Å²) < 4.78 is 1.88. The summed E-state index contributed by atoms with van der Waals surface area (Å²) in [5, 5.41) is 8.03. The van der Waals surface area contributed by atoms with Crippen LogP contribution in [0.1, 0.15) is 36.3 Å². The second kappa shape index (κ2) is 6.48. The molecule has 19 heavy (non-hydrogen) atoms. The van der Waals surface area contributed by atoms with Gasteiger partial charge in [0, 0.05) is 43.2 Å². The van der Waals surface area contributed by atoms with E-state index in [-0.39, 0.29) is 6.04 Å². The maximum absolute atomic E-state index is 4.44. The number of rotatable bonds is 6. The van der Waals surface area contributed by atoms with E-state index in [1.165, 1.54) is 5.56 Å². The minimum absolute atomic E-state index is 0.281. The minimum Gasteiger partial charge on any atom is -0.309 e. The lowest BCUT2D eigenvalue weighted by atomic mass is 10.0. The number of nitrogens with one attached hydrogen (secondary N) is 1. The smallest absolute Gasteiger partial charge is 0.0641 e. The normalized spacial score (nSPS) is 12.6. The van der Waals surface area contributed by atoms with E-state index in [4.69, 9.17) is 0 Å². The number of aromatic nitrogens is 3. The Bertz CT molecular complexity index is 504. The van der Waals surface area contributed by atoms with Crippen LogP contribution < -0.4 is 5.32 Å². The van der Waals surface area contributed by atoms with Crippen LogP contribution in [0.3, 0.4) is 0 Å². The molecule has 1 unspecified atom stereocenters. The van der Waals surface area contributed by atoms with Crippen molar-refractivity contribution in [3.63, 3.8) is 0 Å². The van der Waals surface area contributed by atoms with Crippen LogP contribution in [0.4, 0.5) is 0 Å². The first-order valence-electron chi connectivity index (χ1n) is 6.84. The predicted octanol–water partition coefficient (Wildman–Crippen LogP) is 2.41. The van der Waals surface area contributed by atoms with E-state index in [1.807, 2.05) is 30.1 Å². The maximum atomic E-state index is 4.44. The van der Waals surface area contributed by atoms with Gasteiger partial charge in [-0.2, -0.15) is 5.10 Å². The second-order valence-corrected chi connectivity index (χ2v) is 4.88. The summed E-state index contributed by atoms with van der Waals surface area (Å²) in [7, 11) is 1.97. The third-order valence-electron chi connectivity index (χ3n) is 3.21. The number of pyridine rings is 1. The van der Waals surface area contributed by atoms with E-state index in [0.717, 1.165) is 30.8 Å². The van der Waals surface area contributed by atoms with E-state index in [9.17, 15) is 0 Å². The molecule has 0 fully saturated rings. The Morgan fingerprint density at radius 2 is 2.21 bits per heavy atom. The lowest BCUT2D eigenvalue weighted by Crippen LogP contribution is -2.24. The van der Waals surface area contributed by atoms with E-state index >= 15 is 0 Å². The summed E-state index contributed by atoms with van der Waals surface area (Å²) in [5.74, 6) is 0. The standard InChI is InChI=1S/C15H22N4/c1-4-8-17-15(10-13-7-5-6-9-16-13)14-11-19(3)18-12(14)2/h5-7,9,11,15,17H,4,8,10H2,1-3H3. The molecule has 0 bridgehead atoms. The van der Waals surface area contributed by atoms with Crippen LogP contribution in [0.2, 0.25) is 0 Å². The number of hydrogen-bond donors (Lipinski definition) is 1. The lowest BCUT2D eigenvalue weighted by molar-refractivity contribution is 0.522. The van der Waals surface area contributed by atoms with Gasteiger partial charge < -0.3 is 5.32 Å². The topological polar surface area (TPSA) is 42.7 Å². The summed E-state index contributed by atoms with van der Waals surface area (Å²) in [6.07, 6.45) is 5.97. The van der Waals surface area contributed by atoms with Crippen molar-refractivity contribution in [2.75, 3.05) is 6.54 Å². The van der Waals surface area contributed by atoms with Gasteiger partial charge in [0.1, 0.15) is 0 Å². The highest BCUT2D eigenvalue weighted by atomic mass is 15.3. The summed E-state index contributed by atoms with van der Waals surface area (Å²) in [4.78, 5) is 4.42. The Morgan fingerprint density at radius 3 is 2.79 bits per heavy atom. The Hall–Kier alpha value is -1.68. The Morgan fingerprint density at radius 1 is 1.37 bits per heavy atom. The quantitative estimate of drug-likeness (QED) is 0.865. The van der Waals surface area contributed by atoms with Crippen molar-refractivity contribution in [2.24, 2.45) is 7.05 Å². The highest BCUT2D eigenvalue weighted by Gasteiger charge is 2.16. The molecule has 102 valence electrons. The molecule has 4 nitrogen and oxygen atoms in total. The molecule has 2 aromatic rings. The Kier molecular flexibility index (Phi) is 4.68. The molecular weight excluding hydrogens is 236 g/mol. The highest BCUT2D eigenvalue weighted by molar-refractivity contribution is 5.22. The first kappa shape index (κ1) is 13.7. The maximum Gasteiger partial charge on any atom is 0.0641 e. The van der Waals surface area contributed by atoms with Crippen LogP contribution in [-0.4, -0.2) is 21.3 Å². The molecule has 0 saturated carbocycles. The van der Waals surface area contributed by atoms with Crippen LogP contribution in [0.15, 0.2) is 30.6 Å². The molecule has 2 rings (SSSR count). The van der Waals surface area contributed by atoms with E-state index < -0.39 is 0 Å². The van der Waals surface area contributed by atoms with Crippen molar-refractivity contribution in [3.05, 3.63) is 47.5 Å². The predicted molar refractivity (Wildman–Crippen MR) is 76.9 cm³/mol. The largest absolute Gasteiger partial charge is 0.309 e. The molecule has 0 amide bonds. The zero-order valence-electron chi connectivity index (χ0n) is 11.9. The summed E-state index contributed by atoms with van der Waals surface area (Å²) in [6.45, 7) is 5.25. The van der Waals surface area contributed by atoms with Gasteiger partial charge in [-0.25, -0.2) is 0 Å². The molecule has 0 radical (unpaired) electrons. The number of aryl methyl sites for hydroxylation is 2. The van der Waals surface area contributed by atoms with Crippen molar-refractivity contribution >= 4 is 0 Å². The van der Waals surface area contributed by atoms with Gasteiger partial charge in [-0.05, 0) is 32.0 Å². The SMILES string of the molecule is CCCNC(Cc1ccccn1)c1cn(C)nc1C. The summed E-state index contributed by atoms with van der Waals surface area (Å²) in [5.41, 5.74) is 3.47. The van der Waals surface area contributed by atoms with Crippen molar-refractivity contribution in [1.29, 1.82) is 0 Å². The molecule has 0 aromatic carbocycles. The molecule has 1 atom stereocenters. The average molecular weight is 258 g/mol.